The fourth-order valence-corrected chi connectivity index (χ4v) is 3.84. The molecule has 6 nitrogen and oxygen atoms in total. The summed E-state index contributed by atoms with van der Waals surface area (Å²) in [5.41, 5.74) is 2.89. The van der Waals surface area contributed by atoms with Gasteiger partial charge in [0.25, 0.3) is 5.56 Å². The molecule has 0 spiro atoms. The maximum absolute atomic E-state index is 12.5. The molecule has 0 unspecified atom stereocenters. The van der Waals surface area contributed by atoms with Gasteiger partial charge in [0, 0.05) is 35.5 Å². The highest BCUT2D eigenvalue weighted by molar-refractivity contribution is 5.84. The predicted molar refractivity (Wildman–Crippen MR) is 121 cm³/mol. The van der Waals surface area contributed by atoms with Gasteiger partial charge in [-0.05, 0) is 68.1 Å². The lowest BCUT2D eigenvalue weighted by Gasteiger charge is -2.13. The van der Waals surface area contributed by atoms with Crippen LogP contribution < -0.4 is 20.7 Å². The van der Waals surface area contributed by atoms with Crippen molar-refractivity contribution < 1.29 is 13.9 Å². The molecule has 0 aliphatic rings. The van der Waals surface area contributed by atoms with Crippen molar-refractivity contribution in [2.24, 2.45) is 0 Å². The van der Waals surface area contributed by atoms with E-state index in [1.165, 1.54) is 6.07 Å². The second-order valence-corrected chi connectivity index (χ2v) is 7.66. The van der Waals surface area contributed by atoms with Crippen molar-refractivity contribution in [3.05, 3.63) is 80.4 Å². The Labute approximate surface area is 179 Å². The average Bonchev–Trinajstić information content (AvgIpc) is 2.74. The van der Waals surface area contributed by atoms with Crippen LogP contribution in [0.3, 0.4) is 0 Å². The van der Waals surface area contributed by atoms with Gasteiger partial charge < -0.3 is 18.5 Å². The van der Waals surface area contributed by atoms with Crippen molar-refractivity contribution >= 4 is 21.9 Å². The molecule has 0 radical (unpaired) electrons. The average molecular weight is 419 g/mol. The zero-order chi connectivity index (χ0) is 22.0. The molecule has 2 aromatic carbocycles. The van der Waals surface area contributed by atoms with Crippen LogP contribution in [0.15, 0.2) is 62.5 Å². The van der Waals surface area contributed by atoms with Crippen molar-refractivity contribution in [2.75, 3.05) is 13.7 Å². The monoisotopic (exact) mass is 419 g/mol. The predicted octanol–water partition coefficient (Wildman–Crippen LogP) is 4.59. The lowest BCUT2D eigenvalue weighted by Crippen LogP contribution is -2.20. The van der Waals surface area contributed by atoms with E-state index in [0.717, 1.165) is 46.0 Å². The standard InChI is InChI=1S/C25H25NO5/c1-16-12-24(27)26(22-9-7-18(29-3)14-21(16)22)10-4-5-11-30-19-6-8-20-17(2)13-25(28)31-23(20)15-19/h6-9,12-15H,4-5,10-11H2,1-3H3. The molecule has 31 heavy (non-hydrogen) atoms. The summed E-state index contributed by atoms with van der Waals surface area (Å²) < 4.78 is 18.2. The lowest BCUT2D eigenvalue weighted by molar-refractivity contribution is 0.303. The highest BCUT2D eigenvalue weighted by Gasteiger charge is 2.08. The molecule has 4 aromatic rings. The van der Waals surface area contributed by atoms with Crippen LogP contribution in [0, 0.1) is 13.8 Å². The molecule has 0 fully saturated rings. The Hall–Kier alpha value is -3.54. The van der Waals surface area contributed by atoms with Gasteiger partial charge in [0.15, 0.2) is 0 Å². The third-order valence-corrected chi connectivity index (χ3v) is 5.49. The van der Waals surface area contributed by atoms with E-state index in [4.69, 9.17) is 13.9 Å². The number of rotatable bonds is 7. The van der Waals surface area contributed by atoms with Crippen LogP contribution in [0.5, 0.6) is 11.5 Å². The molecular formula is C25H25NO5. The van der Waals surface area contributed by atoms with Crippen molar-refractivity contribution in [1.29, 1.82) is 0 Å². The number of aryl methyl sites for hydroxylation is 3. The van der Waals surface area contributed by atoms with E-state index in [1.54, 1.807) is 23.8 Å². The van der Waals surface area contributed by atoms with Gasteiger partial charge in [-0.15, -0.1) is 0 Å². The Bertz CT molecular complexity index is 1370. The Kier molecular flexibility index (Phi) is 5.80. The zero-order valence-electron chi connectivity index (χ0n) is 17.9. The fourth-order valence-electron chi connectivity index (χ4n) is 3.84. The molecule has 0 atom stereocenters. The maximum atomic E-state index is 12.5. The number of pyridine rings is 1. The van der Waals surface area contributed by atoms with Gasteiger partial charge in [-0.2, -0.15) is 0 Å². The normalized spacial score (nSPS) is 11.2. The van der Waals surface area contributed by atoms with Gasteiger partial charge in [0.05, 0.1) is 19.2 Å². The van der Waals surface area contributed by atoms with Crippen molar-refractivity contribution in [2.45, 2.75) is 33.2 Å². The molecular weight excluding hydrogens is 394 g/mol. The molecule has 2 heterocycles. The highest BCUT2D eigenvalue weighted by atomic mass is 16.5. The van der Waals surface area contributed by atoms with E-state index in [2.05, 4.69) is 0 Å². The summed E-state index contributed by atoms with van der Waals surface area (Å²) in [7, 11) is 1.64. The molecule has 2 aromatic heterocycles. The Morgan fingerprint density at radius 3 is 2.45 bits per heavy atom. The smallest absolute Gasteiger partial charge is 0.336 e. The number of aromatic nitrogens is 1. The van der Waals surface area contributed by atoms with Crippen LogP contribution in [0.4, 0.5) is 0 Å². The van der Waals surface area contributed by atoms with Crippen molar-refractivity contribution in [3.63, 3.8) is 0 Å². The summed E-state index contributed by atoms with van der Waals surface area (Å²) in [6.07, 6.45) is 1.58. The summed E-state index contributed by atoms with van der Waals surface area (Å²) in [4.78, 5) is 24.1. The van der Waals surface area contributed by atoms with Gasteiger partial charge in [-0.25, -0.2) is 4.79 Å². The Morgan fingerprint density at radius 1 is 0.871 bits per heavy atom. The largest absolute Gasteiger partial charge is 0.497 e. The van der Waals surface area contributed by atoms with Crippen LogP contribution in [-0.4, -0.2) is 18.3 Å². The molecule has 0 amide bonds. The number of hydrogen-bond acceptors (Lipinski definition) is 5. The summed E-state index contributed by atoms with van der Waals surface area (Å²) >= 11 is 0. The van der Waals surface area contributed by atoms with Gasteiger partial charge in [0.2, 0.25) is 0 Å². The molecule has 6 heteroatoms. The molecule has 0 bridgehead atoms. The van der Waals surface area contributed by atoms with Crippen LogP contribution in [0.2, 0.25) is 0 Å². The summed E-state index contributed by atoms with van der Waals surface area (Å²) in [5, 5.41) is 1.91. The number of ether oxygens (including phenoxy) is 2. The minimum absolute atomic E-state index is 0.00369. The first-order valence-corrected chi connectivity index (χ1v) is 10.3. The highest BCUT2D eigenvalue weighted by Crippen LogP contribution is 2.24. The van der Waals surface area contributed by atoms with Crippen molar-refractivity contribution in [1.82, 2.24) is 4.57 Å². The number of nitrogens with zero attached hydrogens (tertiary/aromatic N) is 1. The van der Waals surface area contributed by atoms with Crippen LogP contribution >= 0.6 is 0 Å². The fraction of sp³-hybridized carbons (Fsp3) is 0.280. The first kappa shape index (κ1) is 20.7. The molecule has 160 valence electrons. The third-order valence-electron chi connectivity index (χ3n) is 5.49. The van der Waals surface area contributed by atoms with Gasteiger partial charge in [-0.3, -0.25) is 4.79 Å². The van der Waals surface area contributed by atoms with Crippen LogP contribution in [0.25, 0.3) is 21.9 Å². The molecule has 0 saturated heterocycles. The van der Waals surface area contributed by atoms with Gasteiger partial charge in [0.1, 0.15) is 17.1 Å². The molecule has 0 aliphatic carbocycles. The van der Waals surface area contributed by atoms with E-state index in [-0.39, 0.29) is 11.2 Å². The lowest BCUT2D eigenvalue weighted by atomic mass is 10.1. The number of fused-ring (bicyclic) bond motifs is 2. The Balaban J connectivity index is 1.41. The van der Waals surface area contributed by atoms with Crippen molar-refractivity contribution in [3.8, 4) is 11.5 Å². The molecule has 0 aliphatic heterocycles. The summed E-state index contributed by atoms with van der Waals surface area (Å²) in [5.74, 6) is 1.43. The maximum Gasteiger partial charge on any atom is 0.336 e. The SMILES string of the molecule is COc1ccc2c(c1)c(C)cc(=O)n2CCCCOc1ccc2c(C)cc(=O)oc2c1. The van der Waals surface area contributed by atoms with Crippen LogP contribution in [0.1, 0.15) is 24.0 Å². The van der Waals surface area contributed by atoms with E-state index in [0.29, 0.717) is 24.5 Å². The summed E-state index contributed by atoms with van der Waals surface area (Å²) in [6, 6.07) is 14.4. The van der Waals surface area contributed by atoms with E-state index in [1.807, 2.05) is 44.2 Å². The second-order valence-electron chi connectivity index (χ2n) is 7.66. The number of unbranched alkanes of at least 4 members (excludes halogenated alkanes) is 1. The first-order chi connectivity index (χ1) is 15.0. The number of benzene rings is 2. The Morgan fingerprint density at radius 2 is 1.65 bits per heavy atom. The second kappa shape index (κ2) is 8.68. The molecule has 4 rings (SSSR count). The van der Waals surface area contributed by atoms with Gasteiger partial charge >= 0.3 is 5.63 Å². The zero-order valence-corrected chi connectivity index (χ0v) is 17.9. The minimum atomic E-state index is -0.365. The number of hydrogen-bond donors (Lipinski definition) is 0. The van der Waals surface area contributed by atoms with E-state index >= 15 is 0 Å². The van der Waals surface area contributed by atoms with E-state index < -0.39 is 0 Å². The number of methoxy groups -OCH3 is 1. The quantitative estimate of drug-likeness (QED) is 0.324. The minimum Gasteiger partial charge on any atom is -0.497 e. The third kappa shape index (κ3) is 4.33. The van der Waals surface area contributed by atoms with E-state index in [9.17, 15) is 9.59 Å². The van der Waals surface area contributed by atoms with Crippen LogP contribution in [-0.2, 0) is 6.54 Å². The molecule has 0 N–H and O–H groups in total. The topological polar surface area (TPSA) is 70.7 Å². The van der Waals surface area contributed by atoms with Gasteiger partial charge in [-0.1, -0.05) is 0 Å². The first-order valence-electron chi connectivity index (χ1n) is 10.3. The summed E-state index contributed by atoms with van der Waals surface area (Å²) in [6.45, 7) is 4.94. The molecule has 0 saturated carbocycles.